The summed E-state index contributed by atoms with van der Waals surface area (Å²) in [4.78, 5) is 18.8. The Bertz CT molecular complexity index is 682. The summed E-state index contributed by atoms with van der Waals surface area (Å²) >= 11 is 6.10. The molecule has 0 saturated carbocycles. The van der Waals surface area contributed by atoms with E-state index in [9.17, 15) is 4.79 Å². The highest BCUT2D eigenvalue weighted by Crippen LogP contribution is 2.22. The van der Waals surface area contributed by atoms with Crippen LogP contribution in [0, 0.1) is 6.92 Å². The summed E-state index contributed by atoms with van der Waals surface area (Å²) in [6, 6.07) is 5.49. The highest BCUT2D eigenvalue weighted by Gasteiger charge is 2.21. The largest absolute Gasteiger partial charge is 0.385 e. The lowest BCUT2D eigenvalue weighted by molar-refractivity contribution is -0.116. The van der Waals surface area contributed by atoms with E-state index in [0.29, 0.717) is 24.1 Å². The number of hydrogen-bond donors (Lipinski definition) is 2. The van der Waals surface area contributed by atoms with Gasteiger partial charge in [0.1, 0.15) is 0 Å². The van der Waals surface area contributed by atoms with Crippen LogP contribution in [0.4, 0.5) is 5.69 Å². The average Bonchev–Trinajstić information content (AvgIpc) is 2.73. The van der Waals surface area contributed by atoms with Crippen LogP contribution in [0.15, 0.2) is 23.2 Å². The first-order chi connectivity index (χ1) is 14.0. The number of likely N-dealkylation sites (tertiary alicyclic amines) is 1. The Morgan fingerprint density at radius 1 is 1.30 bits per heavy atom. The van der Waals surface area contributed by atoms with Crippen molar-refractivity contribution in [2.45, 2.75) is 38.7 Å². The monoisotopic (exact) mass is 552 g/mol. The summed E-state index contributed by atoms with van der Waals surface area (Å²) in [6.07, 6.45) is 3.53. The van der Waals surface area contributed by atoms with Gasteiger partial charge in [0, 0.05) is 64.1 Å². The SMILES string of the molecule is CN=C(NCCC(=O)Nc1cccc(Cl)c1C)N1CCC(OCCCOC)CC1.I. The minimum atomic E-state index is -0.0542. The number of guanidine groups is 1. The van der Waals surface area contributed by atoms with Crippen molar-refractivity contribution in [3.05, 3.63) is 28.8 Å². The third-order valence-corrected chi connectivity index (χ3v) is 5.39. The van der Waals surface area contributed by atoms with Crippen molar-refractivity contribution in [2.75, 3.05) is 52.3 Å². The van der Waals surface area contributed by atoms with E-state index >= 15 is 0 Å². The molecule has 30 heavy (non-hydrogen) atoms. The molecule has 0 bridgehead atoms. The second-order valence-corrected chi connectivity index (χ2v) is 7.50. The van der Waals surface area contributed by atoms with E-state index in [2.05, 4.69) is 20.5 Å². The first kappa shape index (κ1) is 26.9. The Morgan fingerprint density at radius 2 is 2.03 bits per heavy atom. The third kappa shape index (κ3) is 8.95. The van der Waals surface area contributed by atoms with Gasteiger partial charge in [-0.05, 0) is 43.9 Å². The lowest BCUT2D eigenvalue weighted by Crippen LogP contribution is -2.47. The number of nitrogens with one attached hydrogen (secondary N) is 2. The molecule has 0 aliphatic carbocycles. The highest BCUT2D eigenvalue weighted by molar-refractivity contribution is 14.0. The Morgan fingerprint density at radius 3 is 2.70 bits per heavy atom. The quantitative estimate of drug-likeness (QED) is 0.212. The average molecular weight is 553 g/mol. The zero-order chi connectivity index (χ0) is 21.1. The van der Waals surface area contributed by atoms with Crippen molar-refractivity contribution in [1.29, 1.82) is 0 Å². The number of benzene rings is 1. The summed E-state index contributed by atoms with van der Waals surface area (Å²) in [5.41, 5.74) is 1.62. The number of aliphatic imine (C=N–C) groups is 1. The number of nitrogens with zero attached hydrogens (tertiary/aromatic N) is 2. The third-order valence-electron chi connectivity index (χ3n) is 4.98. The van der Waals surface area contributed by atoms with Crippen molar-refractivity contribution in [3.8, 4) is 0 Å². The number of halogens is 2. The maximum absolute atomic E-state index is 12.2. The van der Waals surface area contributed by atoms with Crippen LogP contribution >= 0.6 is 35.6 Å². The molecule has 0 aromatic heterocycles. The maximum atomic E-state index is 12.2. The molecule has 0 unspecified atom stereocenters. The second kappa shape index (κ2) is 14.8. The van der Waals surface area contributed by atoms with E-state index in [1.807, 2.05) is 25.1 Å². The predicted molar refractivity (Wildman–Crippen MR) is 133 cm³/mol. The molecule has 0 radical (unpaired) electrons. The van der Waals surface area contributed by atoms with E-state index in [-0.39, 0.29) is 29.9 Å². The van der Waals surface area contributed by atoms with Crippen LogP contribution in [0.25, 0.3) is 0 Å². The van der Waals surface area contributed by atoms with Gasteiger partial charge in [-0.1, -0.05) is 17.7 Å². The standard InChI is InChI=1S/C21H33ClN4O3.HI/c1-16-18(22)6-4-7-19(16)25-20(27)8-11-24-21(23-2)26-12-9-17(10-13-26)29-15-5-14-28-3;/h4,6-7,17H,5,8-15H2,1-3H3,(H,23,24)(H,25,27);1H. The molecular formula is C21H34ClIN4O3. The Balaban J connectivity index is 0.00000450. The number of piperidine rings is 1. The van der Waals surface area contributed by atoms with Gasteiger partial charge in [-0.15, -0.1) is 24.0 Å². The van der Waals surface area contributed by atoms with E-state index in [4.69, 9.17) is 21.1 Å². The number of amides is 1. The number of hydrogen-bond acceptors (Lipinski definition) is 4. The van der Waals surface area contributed by atoms with Crippen molar-refractivity contribution >= 4 is 53.1 Å². The molecule has 1 aliphatic rings. The van der Waals surface area contributed by atoms with Crippen LogP contribution in [0.5, 0.6) is 0 Å². The number of carbonyl (C=O) groups is 1. The first-order valence-corrected chi connectivity index (χ1v) is 10.5. The zero-order valence-corrected chi connectivity index (χ0v) is 21.2. The van der Waals surface area contributed by atoms with Crippen LogP contribution in [-0.4, -0.2) is 69.9 Å². The van der Waals surface area contributed by atoms with Gasteiger partial charge in [0.2, 0.25) is 5.91 Å². The number of methoxy groups -OCH3 is 1. The van der Waals surface area contributed by atoms with Crippen LogP contribution in [0.2, 0.25) is 5.02 Å². The minimum absolute atomic E-state index is 0. The van der Waals surface area contributed by atoms with Crippen LogP contribution < -0.4 is 10.6 Å². The maximum Gasteiger partial charge on any atom is 0.226 e. The van der Waals surface area contributed by atoms with Crippen molar-refractivity contribution in [3.63, 3.8) is 0 Å². The second-order valence-electron chi connectivity index (χ2n) is 7.09. The summed E-state index contributed by atoms with van der Waals surface area (Å²) in [5, 5.41) is 6.85. The molecule has 1 saturated heterocycles. The Hall–Kier alpha value is -1.10. The summed E-state index contributed by atoms with van der Waals surface area (Å²) in [7, 11) is 3.48. The van der Waals surface area contributed by atoms with E-state index in [1.54, 1.807) is 14.2 Å². The predicted octanol–water partition coefficient (Wildman–Crippen LogP) is 3.69. The smallest absolute Gasteiger partial charge is 0.226 e. The van der Waals surface area contributed by atoms with Crippen molar-refractivity contribution in [2.24, 2.45) is 4.99 Å². The van der Waals surface area contributed by atoms with Crippen molar-refractivity contribution < 1.29 is 14.3 Å². The summed E-state index contributed by atoms with van der Waals surface area (Å²) in [6.45, 7) is 5.67. The molecule has 0 spiro atoms. The van der Waals surface area contributed by atoms with Crippen LogP contribution in [0.3, 0.4) is 0 Å². The fraction of sp³-hybridized carbons (Fsp3) is 0.619. The molecule has 1 aliphatic heterocycles. The first-order valence-electron chi connectivity index (χ1n) is 10.2. The molecule has 1 aromatic carbocycles. The minimum Gasteiger partial charge on any atom is -0.385 e. The molecule has 170 valence electrons. The van der Waals surface area contributed by atoms with Gasteiger partial charge in [0.05, 0.1) is 6.10 Å². The molecule has 2 rings (SSSR count). The van der Waals surface area contributed by atoms with E-state index < -0.39 is 0 Å². The fourth-order valence-corrected chi connectivity index (χ4v) is 3.44. The van der Waals surface area contributed by atoms with Crippen LogP contribution in [-0.2, 0) is 14.3 Å². The Kier molecular flexibility index (Phi) is 13.3. The van der Waals surface area contributed by atoms with Gasteiger partial charge < -0.3 is 25.0 Å². The number of carbonyl (C=O) groups excluding carboxylic acids is 1. The number of ether oxygens (including phenoxy) is 2. The molecule has 2 N–H and O–H groups in total. The number of rotatable bonds is 9. The fourth-order valence-electron chi connectivity index (χ4n) is 3.26. The van der Waals surface area contributed by atoms with Gasteiger partial charge in [0.15, 0.2) is 5.96 Å². The molecule has 0 atom stereocenters. The lowest BCUT2D eigenvalue weighted by Gasteiger charge is -2.34. The van der Waals surface area contributed by atoms with Crippen molar-refractivity contribution in [1.82, 2.24) is 10.2 Å². The van der Waals surface area contributed by atoms with Gasteiger partial charge in [-0.3, -0.25) is 9.79 Å². The molecule has 1 amide bonds. The van der Waals surface area contributed by atoms with E-state index in [1.165, 1.54) is 0 Å². The highest BCUT2D eigenvalue weighted by atomic mass is 127. The molecule has 9 heteroatoms. The molecule has 1 heterocycles. The van der Waals surface area contributed by atoms with Gasteiger partial charge in [-0.25, -0.2) is 0 Å². The normalized spacial score (nSPS) is 14.9. The Labute approximate surface area is 201 Å². The van der Waals surface area contributed by atoms with Gasteiger partial charge in [0.25, 0.3) is 0 Å². The number of anilines is 1. The molecule has 1 aromatic rings. The van der Waals surface area contributed by atoms with Gasteiger partial charge >= 0.3 is 0 Å². The zero-order valence-electron chi connectivity index (χ0n) is 18.1. The summed E-state index contributed by atoms with van der Waals surface area (Å²) in [5.74, 6) is 0.774. The van der Waals surface area contributed by atoms with Crippen LogP contribution in [0.1, 0.15) is 31.2 Å². The summed E-state index contributed by atoms with van der Waals surface area (Å²) < 4.78 is 11.0. The van der Waals surface area contributed by atoms with Gasteiger partial charge in [-0.2, -0.15) is 0 Å². The van der Waals surface area contributed by atoms with E-state index in [0.717, 1.165) is 62.8 Å². The topological polar surface area (TPSA) is 75.2 Å². The molecular weight excluding hydrogens is 519 g/mol. The molecule has 1 fully saturated rings. The molecule has 7 nitrogen and oxygen atoms in total. The lowest BCUT2D eigenvalue weighted by atomic mass is 10.1.